The highest BCUT2D eigenvalue weighted by molar-refractivity contribution is 7.09. The Kier molecular flexibility index (Phi) is 4.86. The largest absolute Gasteiger partial charge is 0.334 e. The van der Waals surface area contributed by atoms with E-state index in [0.29, 0.717) is 30.4 Å². The van der Waals surface area contributed by atoms with E-state index in [1.807, 2.05) is 29.6 Å². The standard InChI is InChI=1S/C18H17N3O2S/c1-3-10-21(12-16-5-4-11-24-16)18(22)15-8-6-14(7-9-15)17-19-13(2)20-23-17/h3-9,11H,1,10,12H2,2H3. The van der Waals surface area contributed by atoms with Crippen LogP contribution in [0.4, 0.5) is 0 Å². The number of hydrogen-bond acceptors (Lipinski definition) is 5. The summed E-state index contributed by atoms with van der Waals surface area (Å²) in [6, 6.07) is 11.2. The van der Waals surface area contributed by atoms with Gasteiger partial charge in [-0.1, -0.05) is 17.3 Å². The molecule has 6 heteroatoms. The van der Waals surface area contributed by atoms with Gasteiger partial charge in [-0.25, -0.2) is 0 Å². The molecule has 0 spiro atoms. The second-order valence-electron chi connectivity index (χ2n) is 5.28. The molecule has 0 fully saturated rings. The first kappa shape index (κ1) is 16.1. The molecule has 1 amide bonds. The maximum atomic E-state index is 12.7. The second kappa shape index (κ2) is 7.23. The third-order valence-electron chi connectivity index (χ3n) is 3.47. The molecule has 24 heavy (non-hydrogen) atoms. The SMILES string of the molecule is C=CCN(Cc1cccs1)C(=O)c1ccc(-c2nc(C)no2)cc1. The number of benzene rings is 1. The lowest BCUT2D eigenvalue weighted by atomic mass is 10.1. The third-order valence-corrected chi connectivity index (χ3v) is 4.33. The molecule has 0 saturated heterocycles. The molecule has 0 bridgehead atoms. The highest BCUT2D eigenvalue weighted by atomic mass is 32.1. The van der Waals surface area contributed by atoms with Crippen molar-refractivity contribution in [2.75, 3.05) is 6.54 Å². The van der Waals surface area contributed by atoms with Crippen LogP contribution in [-0.2, 0) is 6.54 Å². The zero-order chi connectivity index (χ0) is 16.9. The van der Waals surface area contributed by atoms with Crippen molar-refractivity contribution >= 4 is 17.2 Å². The van der Waals surface area contributed by atoms with Gasteiger partial charge in [0.1, 0.15) is 0 Å². The molecule has 0 unspecified atom stereocenters. The number of aromatic nitrogens is 2. The number of aryl methyl sites for hydroxylation is 1. The van der Waals surface area contributed by atoms with Gasteiger partial charge in [0, 0.05) is 22.5 Å². The predicted molar refractivity (Wildman–Crippen MR) is 93.7 cm³/mol. The molecule has 0 atom stereocenters. The summed E-state index contributed by atoms with van der Waals surface area (Å²) in [7, 11) is 0. The number of amides is 1. The molecule has 5 nitrogen and oxygen atoms in total. The van der Waals surface area contributed by atoms with Gasteiger partial charge in [0.15, 0.2) is 5.82 Å². The van der Waals surface area contributed by atoms with Crippen molar-refractivity contribution in [2.45, 2.75) is 13.5 Å². The zero-order valence-corrected chi connectivity index (χ0v) is 14.1. The Bertz CT molecular complexity index is 822. The highest BCUT2D eigenvalue weighted by Gasteiger charge is 2.16. The number of nitrogens with zero attached hydrogens (tertiary/aromatic N) is 3. The fraction of sp³-hybridized carbons (Fsp3) is 0.167. The summed E-state index contributed by atoms with van der Waals surface area (Å²) >= 11 is 1.64. The predicted octanol–water partition coefficient (Wildman–Crippen LogP) is 3.93. The van der Waals surface area contributed by atoms with Crippen LogP contribution in [-0.4, -0.2) is 27.5 Å². The molecule has 2 heterocycles. The summed E-state index contributed by atoms with van der Waals surface area (Å²) in [6.07, 6.45) is 1.74. The number of hydrogen-bond donors (Lipinski definition) is 0. The average Bonchev–Trinajstić information content (AvgIpc) is 3.26. The summed E-state index contributed by atoms with van der Waals surface area (Å²) in [5.41, 5.74) is 1.41. The van der Waals surface area contributed by atoms with Gasteiger partial charge in [-0.3, -0.25) is 4.79 Å². The summed E-state index contributed by atoms with van der Waals surface area (Å²) < 4.78 is 5.14. The average molecular weight is 339 g/mol. The molecule has 0 saturated carbocycles. The minimum atomic E-state index is -0.0310. The first-order chi connectivity index (χ1) is 11.7. The number of rotatable bonds is 6. The molecule has 0 aliphatic carbocycles. The topological polar surface area (TPSA) is 59.2 Å². The van der Waals surface area contributed by atoms with Crippen LogP contribution in [0.25, 0.3) is 11.5 Å². The molecular formula is C18H17N3O2S. The monoisotopic (exact) mass is 339 g/mol. The molecule has 0 N–H and O–H groups in total. The summed E-state index contributed by atoms with van der Waals surface area (Å²) in [6.45, 7) is 6.59. The van der Waals surface area contributed by atoms with Gasteiger partial charge in [-0.05, 0) is 42.6 Å². The Labute approximate surface area is 144 Å². The molecule has 3 aromatic rings. The second-order valence-corrected chi connectivity index (χ2v) is 6.31. The quantitative estimate of drug-likeness (QED) is 0.638. The first-order valence-electron chi connectivity index (χ1n) is 7.50. The summed E-state index contributed by atoms with van der Waals surface area (Å²) in [5.74, 6) is 1.00. The lowest BCUT2D eigenvalue weighted by molar-refractivity contribution is 0.0764. The van der Waals surface area contributed by atoms with Gasteiger partial charge in [-0.15, -0.1) is 17.9 Å². The van der Waals surface area contributed by atoms with Crippen LogP contribution in [0, 0.1) is 6.92 Å². The number of carbonyl (C=O) groups excluding carboxylic acids is 1. The van der Waals surface area contributed by atoms with Crippen LogP contribution in [0.2, 0.25) is 0 Å². The lowest BCUT2D eigenvalue weighted by Gasteiger charge is -2.20. The minimum Gasteiger partial charge on any atom is -0.334 e. The van der Waals surface area contributed by atoms with E-state index in [2.05, 4.69) is 16.7 Å². The van der Waals surface area contributed by atoms with Gasteiger partial charge >= 0.3 is 0 Å². The van der Waals surface area contributed by atoms with Crippen molar-refractivity contribution < 1.29 is 9.32 Å². The van der Waals surface area contributed by atoms with Crippen molar-refractivity contribution in [1.82, 2.24) is 15.0 Å². The molecule has 0 aliphatic rings. The van der Waals surface area contributed by atoms with Gasteiger partial charge in [0.25, 0.3) is 11.8 Å². The fourth-order valence-electron chi connectivity index (χ4n) is 2.32. The maximum Gasteiger partial charge on any atom is 0.257 e. The van der Waals surface area contributed by atoms with Crippen molar-refractivity contribution in [2.24, 2.45) is 0 Å². The van der Waals surface area contributed by atoms with Gasteiger partial charge in [0.05, 0.1) is 6.54 Å². The van der Waals surface area contributed by atoms with E-state index >= 15 is 0 Å². The fourth-order valence-corrected chi connectivity index (χ4v) is 3.04. The first-order valence-corrected chi connectivity index (χ1v) is 8.38. The maximum absolute atomic E-state index is 12.7. The normalized spacial score (nSPS) is 10.5. The smallest absolute Gasteiger partial charge is 0.257 e. The molecule has 0 radical (unpaired) electrons. The van der Waals surface area contributed by atoms with Crippen LogP contribution < -0.4 is 0 Å². The Morgan fingerprint density at radius 2 is 2.12 bits per heavy atom. The van der Waals surface area contributed by atoms with E-state index in [0.717, 1.165) is 10.4 Å². The molecule has 1 aromatic carbocycles. The van der Waals surface area contributed by atoms with Gasteiger partial charge in [0.2, 0.25) is 0 Å². The Balaban J connectivity index is 1.78. The van der Waals surface area contributed by atoms with Crippen molar-refractivity contribution in [3.8, 4) is 11.5 Å². The minimum absolute atomic E-state index is 0.0310. The summed E-state index contributed by atoms with van der Waals surface area (Å²) in [5, 5.41) is 5.78. The van der Waals surface area contributed by atoms with Crippen LogP contribution in [0.1, 0.15) is 21.1 Å². The van der Waals surface area contributed by atoms with E-state index in [1.54, 1.807) is 41.4 Å². The zero-order valence-electron chi connectivity index (χ0n) is 13.3. The molecule has 2 aromatic heterocycles. The van der Waals surface area contributed by atoms with Crippen molar-refractivity contribution in [3.63, 3.8) is 0 Å². The van der Waals surface area contributed by atoms with Gasteiger partial charge < -0.3 is 9.42 Å². The van der Waals surface area contributed by atoms with E-state index in [1.165, 1.54) is 0 Å². The van der Waals surface area contributed by atoms with Crippen LogP contribution in [0.3, 0.4) is 0 Å². The van der Waals surface area contributed by atoms with Crippen molar-refractivity contribution in [3.05, 3.63) is 70.7 Å². The summed E-state index contributed by atoms with van der Waals surface area (Å²) in [4.78, 5) is 19.8. The van der Waals surface area contributed by atoms with Crippen LogP contribution in [0.5, 0.6) is 0 Å². The van der Waals surface area contributed by atoms with E-state index in [9.17, 15) is 4.79 Å². The molecule has 122 valence electrons. The molecule has 3 rings (SSSR count). The Morgan fingerprint density at radius 1 is 1.33 bits per heavy atom. The number of carbonyl (C=O) groups is 1. The van der Waals surface area contributed by atoms with Crippen LogP contribution >= 0.6 is 11.3 Å². The third kappa shape index (κ3) is 3.60. The van der Waals surface area contributed by atoms with Gasteiger partial charge in [-0.2, -0.15) is 4.98 Å². The molecule has 0 aliphatic heterocycles. The van der Waals surface area contributed by atoms with Crippen molar-refractivity contribution in [1.29, 1.82) is 0 Å². The number of thiophene rings is 1. The Morgan fingerprint density at radius 3 is 2.71 bits per heavy atom. The van der Waals surface area contributed by atoms with E-state index in [-0.39, 0.29) is 5.91 Å². The highest BCUT2D eigenvalue weighted by Crippen LogP contribution is 2.19. The Hall–Kier alpha value is -2.73. The van der Waals surface area contributed by atoms with Crippen LogP contribution in [0.15, 0.2) is 59.0 Å². The molecular weight excluding hydrogens is 322 g/mol. The van der Waals surface area contributed by atoms with E-state index in [4.69, 9.17) is 4.52 Å². The van der Waals surface area contributed by atoms with E-state index < -0.39 is 0 Å². The lowest BCUT2D eigenvalue weighted by Crippen LogP contribution is -2.30.